The Morgan fingerprint density at radius 2 is 2.18 bits per heavy atom. The highest BCUT2D eigenvalue weighted by Gasteiger charge is 2.31. The number of methoxy groups -OCH3 is 1. The second-order valence-electron chi connectivity index (χ2n) is 5.38. The summed E-state index contributed by atoms with van der Waals surface area (Å²) in [5.41, 5.74) is 1.04. The molecule has 1 fully saturated rings. The van der Waals surface area contributed by atoms with Gasteiger partial charge in [0, 0.05) is 6.54 Å². The number of para-hydroxylation sites is 1. The molecule has 1 aliphatic heterocycles. The number of carboxylic acids is 1. The number of hydrogen-bond donors (Lipinski definition) is 2. The maximum absolute atomic E-state index is 11.9. The SMILES string of the molecule is COc1ccccc1CCNC(=O)CN1CCCC1C(=O)O. The summed E-state index contributed by atoms with van der Waals surface area (Å²) < 4.78 is 5.26. The Balaban J connectivity index is 1.77. The van der Waals surface area contributed by atoms with Crippen molar-refractivity contribution in [3.63, 3.8) is 0 Å². The second-order valence-corrected chi connectivity index (χ2v) is 5.38. The number of rotatable bonds is 7. The van der Waals surface area contributed by atoms with Gasteiger partial charge < -0.3 is 15.2 Å². The lowest BCUT2D eigenvalue weighted by atomic mass is 10.1. The predicted octanol–water partition coefficient (Wildman–Crippen LogP) is 0.903. The molecule has 1 aliphatic rings. The molecule has 120 valence electrons. The van der Waals surface area contributed by atoms with Gasteiger partial charge in [-0.3, -0.25) is 14.5 Å². The molecule has 1 aromatic rings. The second kappa shape index (κ2) is 7.79. The molecule has 6 heteroatoms. The molecule has 0 radical (unpaired) electrons. The summed E-state index contributed by atoms with van der Waals surface area (Å²) in [7, 11) is 1.62. The molecule has 1 amide bonds. The van der Waals surface area contributed by atoms with E-state index in [1.54, 1.807) is 12.0 Å². The van der Waals surface area contributed by atoms with E-state index in [2.05, 4.69) is 5.32 Å². The fourth-order valence-electron chi connectivity index (χ4n) is 2.78. The van der Waals surface area contributed by atoms with Crippen LogP contribution in [0.2, 0.25) is 0 Å². The molecular formula is C16H22N2O4. The Hall–Kier alpha value is -2.08. The Labute approximate surface area is 130 Å². The van der Waals surface area contributed by atoms with Crippen molar-refractivity contribution >= 4 is 11.9 Å². The molecule has 2 N–H and O–H groups in total. The number of amides is 1. The Bertz CT molecular complexity index is 533. The quantitative estimate of drug-likeness (QED) is 0.782. The van der Waals surface area contributed by atoms with Crippen LogP contribution in [-0.4, -0.2) is 54.7 Å². The fourth-order valence-corrected chi connectivity index (χ4v) is 2.78. The van der Waals surface area contributed by atoms with Crippen LogP contribution in [0.1, 0.15) is 18.4 Å². The van der Waals surface area contributed by atoms with E-state index in [1.165, 1.54) is 0 Å². The van der Waals surface area contributed by atoms with Gasteiger partial charge in [0.05, 0.1) is 13.7 Å². The number of hydrogen-bond acceptors (Lipinski definition) is 4. The van der Waals surface area contributed by atoms with Crippen LogP contribution >= 0.6 is 0 Å². The van der Waals surface area contributed by atoms with Gasteiger partial charge in [-0.1, -0.05) is 18.2 Å². The number of carbonyl (C=O) groups excluding carboxylic acids is 1. The summed E-state index contributed by atoms with van der Waals surface area (Å²) in [6.07, 6.45) is 2.12. The normalized spacial score (nSPS) is 18.1. The summed E-state index contributed by atoms with van der Waals surface area (Å²) >= 11 is 0. The number of carbonyl (C=O) groups is 2. The number of benzene rings is 1. The third-order valence-electron chi connectivity index (χ3n) is 3.90. The van der Waals surface area contributed by atoms with Crippen LogP contribution in [0.25, 0.3) is 0 Å². The van der Waals surface area contributed by atoms with Crippen LogP contribution in [0, 0.1) is 0 Å². The molecule has 6 nitrogen and oxygen atoms in total. The standard InChI is InChI=1S/C16H22N2O4/c1-22-14-7-3-2-5-12(14)8-9-17-15(19)11-18-10-4-6-13(18)16(20)21/h2-3,5,7,13H,4,6,8-11H2,1H3,(H,17,19)(H,20,21). The van der Waals surface area contributed by atoms with Gasteiger partial charge in [-0.25, -0.2) is 0 Å². The maximum Gasteiger partial charge on any atom is 0.320 e. The molecular weight excluding hydrogens is 284 g/mol. The van der Waals surface area contributed by atoms with Crippen LogP contribution < -0.4 is 10.1 Å². The average Bonchev–Trinajstić information content (AvgIpc) is 2.96. The summed E-state index contributed by atoms with van der Waals surface area (Å²) in [6, 6.07) is 7.16. The van der Waals surface area contributed by atoms with Crippen molar-refractivity contribution in [2.45, 2.75) is 25.3 Å². The number of nitrogens with zero attached hydrogens (tertiary/aromatic N) is 1. The van der Waals surface area contributed by atoms with Crippen LogP contribution in [-0.2, 0) is 16.0 Å². The molecule has 1 heterocycles. The zero-order valence-corrected chi connectivity index (χ0v) is 12.7. The van der Waals surface area contributed by atoms with E-state index in [9.17, 15) is 9.59 Å². The van der Waals surface area contributed by atoms with Crippen LogP contribution in [0.3, 0.4) is 0 Å². The van der Waals surface area contributed by atoms with E-state index < -0.39 is 12.0 Å². The first-order valence-electron chi connectivity index (χ1n) is 7.47. The van der Waals surface area contributed by atoms with E-state index in [0.717, 1.165) is 17.7 Å². The fraction of sp³-hybridized carbons (Fsp3) is 0.500. The summed E-state index contributed by atoms with van der Waals surface area (Å²) in [6.45, 7) is 1.31. The number of aliphatic carboxylic acids is 1. The molecule has 0 aromatic heterocycles. The predicted molar refractivity (Wildman–Crippen MR) is 81.9 cm³/mol. The summed E-state index contributed by atoms with van der Waals surface area (Å²) in [4.78, 5) is 24.7. The van der Waals surface area contributed by atoms with Crippen molar-refractivity contribution in [3.8, 4) is 5.75 Å². The van der Waals surface area contributed by atoms with Crippen molar-refractivity contribution in [3.05, 3.63) is 29.8 Å². The minimum atomic E-state index is -0.848. The number of nitrogens with one attached hydrogen (secondary N) is 1. The van der Waals surface area contributed by atoms with Gasteiger partial charge in [-0.15, -0.1) is 0 Å². The lowest BCUT2D eigenvalue weighted by Gasteiger charge is -2.20. The first-order chi connectivity index (χ1) is 10.6. The van der Waals surface area contributed by atoms with E-state index in [1.807, 2.05) is 24.3 Å². The van der Waals surface area contributed by atoms with E-state index in [4.69, 9.17) is 9.84 Å². The molecule has 1 saturated heterocycles. The lowest BCUT2D eigenvalue weighted by Crippen LogP contribution is -2.43. The van der Waals surface area contributed by atoms with Gasteiger partial charge in [0.1, 0.15) is 11.8 Å². The Morgan fingerprint density at radius 1 is 1.41 bits per heavy atom. The molecule has 1 unspecified atom stereocenters. The molecule has 0 aliphatic carbocycles. The van der Waals surface area contributed by atoms with Crippen molar-refractivity contribution in [2.75, 3.05) is 26.7 Å². The Kier molecular flexibility index (Phi) is 5.77. The monoisotopic (exact) mass is 306 g/mol. The molecule has 2 rings (SSSR count). The van der Waals surface area contributed by atoms with Crippen LogP contribution in [0.4, 0.5) is 0 Å². The highest BCUT2D eigenvalue weighted by atomic mass is 16.5. The maximum atomic E-state index is 11.9. The van der Waals surface area contributed by atoms with Crippen molar-refractivity contribution in [2.24, 2.45) is 0 Å². The Morgan fingerprint density at radius 3 is 2.91 bits per heavy atom. The highest BCUT2D eigenvalue weighted by molar-refractivity contribution is 5.80. The van der Waals surface area contributed by atoms with Gasteiger partial charge >= 0.3 is 5.97 Å². The summed E-state index contributed by atoms with van der Waals surface area (Å²) in [5.74, 6) is -0.176. The zero-order valence-electron chi connectivity index (χ0n) is 12.7. The first kappa shape index (κ1) is 16.3. The number of carboxylic acid groups (broad SMARTS) is 1. The molecule has 1 aromatic carbocycles. The summed E-state index contributed by atoms with van der Waals surface area (Å²) in [5, 5.41) is 11.9. The van der Waals surface area contributed by atoms with Gasteiger partial charge in [0.2, 0.25) is 5.91 Å². The largest absolute Gasteiger partial charge is 0.496 e. The van der Waals surface area contributed by atoms with Crippen molar-refractivity contribution < 1.29 is 19.4 Å². The van der Waals surface area contributed by atoms with Gasteiger partial charge in [-0.2, -0.15) is 0 Å². The molecule has 1 atom stereocenters. The third-order valence-corrected chi connectivity index (χ3v) is 3.90. The molecule has 0 saturated carbocycles. The topological polar surface area (TPSA) is 78.9 Å². The number of likely N-dealkylation sites (tertiary alicyclic amines) is 1. The van der Waals surface area contributed by atoms with E-state index in [-0.39, 0.29) is 12.5 Å². The van der Waals surface area contributed by atoms with E-state index >= 15 is 0 Å². The van der Waals surface area contributed by atoms with Crippen molar-refractivity contribution in [1.82, 2.24) is 10.2 Å². The van der Waals surface area contributed by atoms with Crippen LogP contribution in [0.15, 0.2) is 24.3 Å². The minimum Gasteiger partial charge on any atom is -0.496 e. The zero-order chi connectivity index (χ0) is 15.9. The third kappa shape index (κ3) is 4.21. The molecule has 0 bridgehead atoms. The smallest absolute Gasteiger partial charge is 0.320 e. The highest BCUT2D eigenvalue weighted by Crippen LogP contribution is 2.18. The lowest BCUT2D eigenvalue weighted by molar-refractivity contribution is -0.142. The molecule has 0 spiro atoms. The minimum absolute atomic E-state index is 0.136. The average molecular weight is 306 g/mol. The number of ether oxygens (including phenoxy) is 1. The van der Waals surface area contributed by atoms with E-state index in [0.29, 0.717) is 25.9 Å². The van der Waals surface area contributed by atoms with Crippen molar-refractivity contribution in [1.29, 1.82) is 0 Å². The van der Waals surface area contributed by atoms with Gasteiger partial charge in [0.15, 0.2) is 0 Å². The van der Waals surface area contributed by atoms with Gasteiger partial charge in [0.25, 0.3) is 0 Å². The van der Waals surface area contributed by atoms with Gasteiger partial charge in [-0.05, 0) is 37.4 Å². The van der Waals surface area contributed by atoms with Crippen LogP contribution in [0.5, 0.6) is 5.75 Å². The molecule has 22 heavy (non-hydrogen) atoms. The first-order valence-corrected chi connectivity index (χ1v) is 7.47.